The summed E-state index contributed by atoms with van der Waals surface area (Å²) in [6.07, 6.45) is 3.48. The monoisotopic (exact) mass is 362 g/mol. The van der Waals surface area contributed by atoms with Crippen molar-refractivity contribution in [3.63, 3.8) is 0 Å². The zero-order chi connectivity index (χ0) is 17.9. The van der Waals surface area contributed by atoms with E-state index in [1.54, 1.807) is 48.0 Å². The number of fused-ring (bicyclic) bond motifs is 1. The van der Waals surface area contributed by atoms with E-state index in [0.29, 0.717) is 11.0 Å². The van der Waals surface area contributed by atoms with Crippen molar-refractivity contribution >= 4 is 28.2 Å². The fourth-order valence-corrected chi connectivity index (χ4v) is 3.37. The van der Waals surface area contributed by atoms with Crippen molar-refractivity contribution in [3.8, 4) is 10.4 Å². The van der Waals surface area contributed by atoms with Gasteiger partial charge in [0.2, 0.25) is 0 Å². The molecule has 0 fully saturated rings. The van der Waals surface area contributed by atoms with Crippen molar-refractivity contribution in [1.82, 2.24) is 10.3 Å². The van der Waals surface area contributed by atoms with Crippen LogP contribution in [-0.4, -0.2) is 10.9 Å². The summed E-state index contributed by atoms with van der Waals surface area (Å²) in [6, 6.07) is 14.6. The lowest BCUT2D eigenvalue weighted by Gasteiger charge is -2.06. The van der Waals surface area contributed by atoms with Gasteiger partial charge in [-0.3, -0.25) is 9.78 Å². The van der Waals surface area contributed by atoms with E-state index >= 15 is 0 Å². The minimum Gasteiger partial charge on any atom is -0.422 e. The van der Waals surface area contributed by atoms with Crippen molar-refractivity contribution in [3.05, 3.63) is 87.9 Å². The molecule has 0 aliphatic rings. The van der Waals surface area contributed by atoms with Gasteiger partial charge in [0.25, 0.3) is 5.91 Å². The molecule has 1 aromatic carbocycles. The van der Waals surface area contributed by atoms with Gasteiger partial charge in [-0.05, 0) is 35.2 Å². The molecule has 0 bridgehead atoms. The largest absolute Gasteiger partial charge is 0.422 e. The maximum atomic E-state index is 12.4. The molecular formula is C20H14N2O3S. The van der Waals surface area contributed by atoms with Gasteiger partial charge >= 0.3 is 5.63 Å². The molecular weight excluding hydrogens is 348 g/mol. The predicted octanol–water partition coefficient (Wildman–Crippen LogP) is 3.85. The second-order valence-electron chi connectivity index (χ2n) is 5.73. The standard InChI is InChI=1S/C20H14N2O3S/c23-19(16-9-14-4-1-2-5-17(14)25-20(16)24)22-11-13-8-15(12-21-10-13)18-6-3-7-26-18/h1-10,12H,11H2,(H,22,23). The first kappa shape index (κ1) is 16.2. The molecule has 0 radical (unpaired) electrons. The SMILES string of the molecule is O=C(NCc1cncc(-c2cccs2)c1)c1cc2ccccc2oc1=O. The zero-order valence-corrected chi connectivity index (χ0v) is 14.5. The van der Waals surface area contributed by atoms with E-state index in [2.05, 4.69) is 10.3 Å². The minimum absolute atomic E-state index is 0.00827. The van der Waals surface area contributed by atoms with Crippen LogP contribution in [0.15, 0.2) is 75.5 Å². The highest BCUT2D eigenvalue weighted by Crippen LogP contribution is 2.24. The third-order valence-electron chi connectivity index (χ3n) is 3.94. The Kier molecular flexibility index (Phi) is 4.33. The topological polar surface area (TPSA) is 72.2 Å². The number of pyridine rings is 1. The number of hydrogen-bond acceptors (Lipinski definition) is 5. The highest BCUT2D eigenvalue weighted by molar-refractivity contribution is 7.13. The molecule has 0 aliphatic heterocycles. The molecule has 0 atom stereocenters. The van der Waals surface area contributed by atoms with E-state index in [4.69, 9.17) is 4.42 Å². The molecule has 3 heterocycles. The first-order valence-electron chi connectivity index (χ1n) is 7.99. The van der Waals surface area contributed by atoms with E-state index in [-0.39, 0.29) is 12.1 Å². The van der Waals surface area contributed by atoms with Crippen LogP contribution in [0.2, 0.25) is 0 Å². The molecule has 1 amide bonds. The van der Waals surface area contributed by atoms with Crippen LogP contribution in [0.4, 0.5) is 0 Å². The molecule has 6 heteroatoms. The Balaban J connectivity index is 1.53. The number of rotatable bonds is 4. The zero-order valence-electron chi connectivity index (χ0n) is 13.6. The van der Waals surface area contributed by atoms with Gasteiger partial charge in [-0.25, -0.2) is 4.79 Å². The van der Waals surface area contributed by atoms with Crippen molar-refractivity contribution in [2.24, 2.45) is 0 Å². The Bertz CT molecular complexity index is 1130. The molecule has 128 valence electrons. The van der Waals surface area contributed by atoms with Crippen LogP contribution in [0.1, 0.15) is 15.9 Å². The Morgan fingerprint density at radius 1 is 1.12 bits per heavy atom. The third-order valence-corrected chi connectivity index (χ3v) is 4.86. The fraction of sp³-hybridized carbons (Fsp3) is 0.0500. The van der Waals surface area contributed by atoms with Crippen molar-refractivity contribution in [1.29, 1.82) is 0 Å². The first-order chi connectivity index (χ1) is 12.7. The van der Waals surface area contributed by atoms with Crippen LogP contribution in [0.3, 0.4) is 0 Å². The molecule has 1 N–H and O–H groups in total. The fourth-order valence-electron chi connectivity index (χ4n) is 2.66. The van der Waals surface area contributed by atoms with Crippen molar-refractivity contribution < 1.29 is 9.21 Å². The predicted molar refractivity (Wildman–Crippen MR) is 101 cm³/mol. The van der Waals surface area contributed by atoms with Crippen molar-refractivity contribution in [2.75, 3.05) is 0 Å². The molecule has 0 saturated heterocycles. The number of nitrogens with one attached hydrogen (secondary N) is 1. The Labute approximate surface area is 152 Å². The smallest absolute Gasteiger partial charge is 0.349 e. The van der Waals surface area contributed by atoms with Crippen LogP contribution >= 0.6 is 11.3 Å². The second-order valence-corrected chi connectivity index (χ2v) is 6.67. The number of amides is 1. The van der Waals surface area contributed by atoms with Crippen molar-refractivity contribution in [2.45, 2.75) is 6.54 Å². The molecule has 0 aliphatic carbocycles. The summed E-state index contributed by atoms with van der Waals surface area (Å²) in [5.41, 5.74) is 1.66. The normalized spacial score (nSPS) is 10.8. The Hall–Kier alpha value is -3.25. The maximum Gasteiger partial charge on any atom is 0.349 e. The van der Waals surface area contributed by atoms with Gasteiger partial charge in [0.15, 0.2) is 0 Å². The molecule has 4 rings (SSSR count). The number of carbonyl (C=O) groups is 1. The van der Waals surface area contributed by atoms with Gasteiger partial charge < -0.3 is 9.73 Å². The summed E-state index contributed by atoms with van der Waals surface area (Å²) in [7, 11) is 0. The van der Waals surface area contributed by atoms with Crippen LogP contribution in [0.5, 0.6) is 0 Å². The average Bonchev–Trinajstić information content (AvgIpc) is 3.20. The summed E-state index contributed by atoms with van der Waals surface area (Å²) in [4.78, 5) is 29.8. The number of thiophene rings is 1. The number of benzene rings is 1. The summed E-state index contributed by atoms with van der Waals surface area (Å²) in [6.45, 7) is 0.275. The minimum atomic E-state index is -0.647. The third kappa shape index (κ3) is 3.27. The quantitative estimate of drug-likeness (QED) is 0.560. The van der Waals surface area contributed by atoms with E-state index in [1.807, 2.05) is 29.6 Å². The van der Waals surface area contributed by atoms with Gasteiger partial charge in [-0.1, -0.05) is 24.3 Å². The highest BCUT2D eigenvalue weighted by atomic mass is 32.1. The number of carbonyl (C=O) groups excluding carboxylic acids is 1. The molecule has 0 unspecified atom stereocenters. The highest BCUT2D eigenvalue weighted by Gasteiger charge is 2.13. The molecule has 4 aromatic rings. The lowest BCUT2D eigenvalue weighted by atomic mass is 10.1. The lowest BCUT2D eigenvalue weighted by molar-refractivity contribution is 0.0947. The first-order valence-corrected chi connectivity index (χ1v) is 8.87. The molecule has 5 nitrogen and oxygen atoms in total. The Morgan fingerprint density at radius 2 is 2.00 bits per heavy atom. The van der Waals surface area contributed by atoms with Crippen LogP contribution in [0, 0.1) is 0 Å². The average molecular weight is 362 g/mol. The van der Waals surface area contributed by atoms with E-state index in [0.717, 1.165) is 16.0 Å². The Morgan fingerprint density at radius 3 is 2.85 bits per heavy atom. The van der Waals surface area contributed by atoms with Crippen LogP contribution < -0.4 is 10.9 Å². The summed E-state index contributed by atoms with van der Waals surface area (Å²) >= 11 is 1.63. The molecule has 3 aromatic heterocycles. The second kappa shape index (κ2) is 6.93. The molecule has 26 heavy (non-hydrogen) atoms. The molecule has 0 saturated carbocycles. The van der Waals surface area contributed by atoms with Gasteiger partial charge in [-0.15, -0.1) is 11.3 Å². The van der Waals surface area contributed by atoms with Crippen LogP contribution in [0.25, 0.3) is 21.4 Å². The number of aromatic nitrogens is 1. The van der Waals surface area contributed by atoms with E-state index in [1.165, 1.54) is 0 Å². The van der Waals surface area contributed by atoms with Gasteiger partial charge in [0.1, 0.15) is 11.1 Å². The van der Waals surface area contributed by atoms with Gasteiger partial charge in [-0.2, -0.15) is 0 Å². The molecule has 0 spiro atoms. The number of para-hydroxylation sites is 1. The maximum absolute atomic E-state index is 12.4. The lowest BCUT2D eigenvalue weighted by Crippen LogP contribution is -2.27. The van der Waals surface area contributed by atoms with Crippen LogP contribution in [-0.2, 0) is 6.54 Å². The summed E-state index contributed by atoms with van der Waals surface area (Å²) < 4.78 is 5.21. The number of hydrogen-bond donors (Lipinski definition) is 1. The van der Waals surface area contributed by atoms with E-state index in [9.17, 15) is 9.59 Å². The van der Waals surface area contributed by atoms with Gasteiger partial charge in [0, 0.05) is 34.8 Å². The van der Waals surface area contributed by atoms with E-state index < -0.39 is 11.5 Å². The van der Waals surface area contributed by atoms with Gasteiger partial charge in [0.05, 0.1) is 0 Å². The summed E-state index contributed by atoms with van der Waals surface area (Å²) in [5, 5.41) is 5.47. The summed E-state index contributed by atoms with van der Waals surface area (Å²) in [5.74, 6) is -0.467. The number of nitrogens with zero attached hydrogens (tertiary/aromatic N) is 1.